The summed E-state index contributed by atoms with van der Waals surface area (Å²) in [5.74, 6) is 0. The van der Waals surface area contributed by atoms with E-state index in [0.29, 0.717) is 24.3 Å². The normalized spacial score (nSPS) is 10.2. The number of ether oxygens (including phenoxy) is 1. The van der Waals surface area contributed by atoms with Crippen LogP contribution in [0.1, 0.15) is 5.56 Å². The summed E-state index contributed by atoms with van der Waals surface area (Å²) in [7, 11) is 1.29. The van der Waals surface area contributed by atoms with Crippen LogP contribution in [-0.2, 0) is 11.2 Å². The first-order chi connectivity index (χ1) is 13.6. The van der Waals surface area contributed by atoms with Crippen molar-refractivity contribution in [1.29, 1.82) is 0 Å². The molecule has 8 heteroatoms. The smallest absolute Gasteiger partial charge is 0.411 e. The van der Waals surface area contributed by atoms with Gasteiger partial charge >= 0.3 is 12.1 Å². The quantitative estimate of drug-likeness (QED) is 0.611. The van der Waals surface area contributed by atoms with Gasteiger partial charge in [-0.25, -0.2) is 14.3 Å². The second-order valence-electron chi connectivity index (χ2n) is 5.95. The third-order valence-electron chi connectivity index (χ3n) is 3.96. The minimum absolute atomic E-state index is 0.316. The molecule has 0 bridgehead atoms. The molecule has 0 unspecified atom stereocenters. The monoisotopic (exact) mass is 379 g/mol. The fourth-order valence-electron chi connectivity index (χ4n) is 2.58. The summed E-state index contributed by atoms with van der Waals surface area (Å²) in [4.78, 5) is 23.3. The van der Waals surface area contributed by atoms with Crippen LogP contribution in [0.15, 0.2) is 67.0 Å². The van der Waals surface area contributed by atoms with E-state index < -0.39 is 6.09 Å². The van der Waals surface area contributed by atoms with Gasteiger partial charge in [0.05, 0.1) is 12.8 Å². The van der Waals surface area contributed by atoms with Gasteiger partial charge in [0.2, 0.25) is 0 Å². The number of rotatable bonds is 6. The average Bonchev–Trinajstić information content (AvgIpc) is 3.23. The first-order valence-electron chi connectivity index (χ1n) is 8.73. The Labute approximate surface area is 162 Å². The molecule has 1 heterocycles. The lowest BCUT2D eigenvalue weighted by Crippen LogP contribution is -2.30. The lowest BCUT2D eigenvalue weighted by atomic mass is 10.1. The molecule has 3 aromatic rings. The molecule has 8 nitrogen and oxygen atoms in total. The van der Waals surface area contributed by atoms with Crippen molar-refractivity contribution in [3.63, 3.8) is 0 Å². The number of amides is 3. The van der Waals surface area contributed by atoms with E-state index in [4.69, 9.17) is 0 Å². The number of carbonyl (C=O) groups excluding carboxylic acids is 2. The van der Waals surface area contributed by atoms with Gasteiger partial charge in [-0.15, -0.1) is 0 Å². The highest BCUT2D eigenvalue weighted by atomic mass is 16.5. The van der Waals surface area contributed by atoms with Crippen molar-refractivity contribution in [2.75, 3.05) is 24.3 Å². The molecule has 144 valence electrons. The fraction of sp³-hybridized carbons (Fsp3) is 0.150. The van der Waals surface area contributed by atoms with Gasteiger partial charge < -0.3 is 15.4 Å². The van der Waals surface area contributed by atoms with E-state index in [1.54, 1.807) is 35.1 Å². The molecule has 3 rings (SSSR count). The molecule has 0 fully saturated rings. The topological polar surface area (TPSA) is 97.3 Å². The number of nitrogens with zero attached hydrogens (tertiary/aromatic N) is 2. The molecule has 0 spiro atoms. The number of benzene rings is 2. The molecule has 0 saturated heterocycles. The highest BCUT2D eigenvalue weighted by molar-refractivity contribution is 5.91. The number of hydrogen-bond acceptors (Lipinski definition) is 4. The van der Waals surface area contributed by atoms with Crippen LogP contribution in [0, 0.1) is 0 Å². The molecule has 0 aliphatic rings. The summed E-state index contributed by atoms with van der Waals surface area (Å²) >= 11 is 0. The Balaban J connectivity index is 1.46. The van der Waals surface area contributed by atoms with Gasteiger partial charge in [-0.05, 0) is 48.4 Å². The number of methoxy groups -OCH3 is 1. The second-order valence-corrected chi connectivity index (χ2v) is 5.95. The van der Waals surface area contributed by atoms with Crippen molar-refractivity contribution >= 4 is 23.5 Å². The van der Waals surface area contributed by atoms with Gasteiger partial charge in [0.1, 0.15) is 0 Å². The molecule has 28 heavy (non-hydrogen) atoms. The van der Waals surface area contributed by atoms with Gasteiger partial charge in [-0.3, -0.25) is 5.32 Å². The van der Waals surface area contributed by atoms with Crippen molar-refractivity contribution in [2.45, 2.75) is 6.42 Å². The molecule has 0 atom stereocenters. The van der Waals surface area contributed by atoms with Crippen molar-refractivity contribution in [1.82, 2.24) is 15.1 Å². The maximum Gasteiger partial charge on any atom is 0.411 e. The summed E-state index contributed by atoms with van der Waals surface area (Å²) in [5, 5.41) is 12.3. The van der Waals surface area contributed by atoms with Crippen LogP contribution < -0.4 is 16.0 Å². The minimum Gasteiger partial charge on any atom is -0.453 e. The van der Waals surface area contributed by atoms with Crippen LogP contribution in [0.2, 0.25) is 0 Å². The third-order valence-corrected chi connectivity index (χ3v) is 3.96. The number of carbonyl (C=O) groups is 2. The Bertz CT molecular complexity index is 923. The Kier molecular flexibility index (Phi) is 6.25. The van der Waals surface area contributed by atoms with Gasteiger partial charge in [0.15, 0.2) is 0 Å². The Hall–Kier alpha value is -3.81. The Morgan fingerprint density at radius 1 is 1.04 bits per heavy atom. The van der Waals surface area contributed by atoms with Crippen LogP contribution in [0.3, 0.4) is 0 Å². The van der Waals surface area contributed by atoms with E-state index in [9.17, 15) is 9.59 Å². The number of nitrogens with one attached hydrogen (secondary N) is 3. The third kappa shape index (κ3) is 5.34. The van der Waals surface area contributed by atoms with Crippen LogP contribution in [0.4, 0.5) is 21.0 Å². The zero-order valence-electron chi connectivity index (χ0n) is 15.4. The molecule has 0 aliphatic heterocycles. The van der Waals surface area contributed by atoms with E-state index in [-0.39, 0.29) is 6.03 Å². The summed E-state index contributed by atoms with van der Waals surface area (Å²) in [6.07, 6.45) is 3.76. The van der Waals surface area contributed by atoms with E-state index in [1.807, 2.05) is 36.5 Å². The van der Waals surface area contributed by atoms with Gasteiger partial charge in [-0.1, -0.05) is 18.2 Å². The van der Waals surface area contributed by atoms with E-state index in [0.717, 1.165) is 11.3 Å². The average molecular weight is 379 g/mol. The summed E-state index contributed by atoms with van der Waals surface area (Å²) in [5.41, 5.74) is 3.19. The number of aromatic nitrogens is 2. The first-order valence-corrected chi connectivity index (χ1v) is 8.73. The molecule has 1 aromatic heterocycles. The van der Waals surface area contributed by atoms with E-state index in [1.165, 1.54) is 7.11 Å². The Morgan fingerprint density at radius 3 is 2.46 bits per heavy atom. The predicted molar refractivity (Wildman–Crippen MR) is 107 cm³/mol. The van der Waals surface area contributed by atoms with E-state index >= 15 is 0 Å². The van der Waals surface area contributed by atoms with Crippen molar-refractivity contribution in [3.05, 3.63) is 72.6 Å². The lowest BCUT2D eigenvalue weighted by molar-refractivity contribution is 0.187. The molecule has 0 aliphatic carbocycles. The van der Waals surface area contributed by atoms with E-state index in [2.05, 4.69) is 25.8 Å². The SMILES string of the molecule is COC(=O)Nc1cccc(NC(=O)NCCc2ccc(-n3cccn3)cc2)c1. The van der Waals surface area contributed by atoms with Crippen LogP contribution in [0.5, 0.6) is 0 Å². The highest BCUT2D eigenvalue weighted by Gasteiger charge is 2.05. The minimum atomic E-state index is -0.569. The molecule has 0 radical (unpaired) electrons. The standard InChI is InChI=1S/C20H21N5O3/c1-28-20(27)24-17-5-2-4-16(14-17)23-19(26)21-12-10-15-6-8-18(9-7-15)25-13-3-11-22-25/h2-9,11,13-14H,10,12H2,1H3,(H,24,27)(H2,21,23,26). The van der Waals surface area contributed by atoms with Crippen molar-refractivity contribution in [3.8, 4) is 5.69 Å². The molecule has 0 saturated carbocycles. The van der Waals surface area contributed by atoms with Crippen LogP contribution >= 0.6 is 0 Å². The van der Waals surface area contributed by atoms with Gasteiger partial charge in [-0.2, -0.15) is 5.10 Å². The molecule has 3 N–H and O–H groups in total. The maximum absolute atomic E-state index is 12.1. The zero-order valence-corrected chi connectivity index (χ0v) is 15.4. The van der Waals surface area contributed by atoms with Crippen molar-refractivity contribution < 1.29 is 14.3 Å². The zero-order chi connectivity index (χ0) is 19.8. The molecular formula is C20H21N5O3. The molecular weight excluding hydrogens is 358 g/mol. The number of urea groups is 1. The van der Waals surface area contributed by atoms with Gasteiger partial charge in [0, 0.05) is 30.3 Å². The lowest BCUT2D eigenvalue weighted by Gasteiger charge is -2.10. The fourth-order valence-corrected chi connectivity index (χ4v) is 2.58. The Morgan fingerprint density at radius 2 is 1.79 bits per heavy atom. The number of hydrogen-bond donors (Lipinski definition) is 3. The second kappa shape index (κ2) is 9.22. The van der Waals surface area contributed by atoms with Crippen LogP contribution in [0.25, 0.3) is 5.69 Å². The molecule has 3 amide bonds. The summed E-state index contributed by atoms with van der Waals surface area (Å²) in [6, 6.07) is 16.4. The largest absolute Gasteiger partial charge is 0.453 e. The van der Waals surface area contributed by atoms with Crippen LogP contribution in [-0.4, -0.2) is 35.6 Å². The molecule has 2 aromatic carbocycles. The maximum atomic E-state index is 12.1. The van der Waals surface area contributed by atoms with Gasteiger partial charge in [0.25, 0.3) is 0 Å². The highest BCUT2D eigenvalue weighted by Crippen LogP contribution is 2.15. The van der Waals surface area contributed by atoms with Crippen molar-refractivity contribution in [2.24, 2.45) is 0 Å². The first kappa shape index (κ1) is 19.0. The summed E-state index contributed by atoms with van der Waals surface area (Å²) in [6.45, 7) is 0.493. The summed E-state index contributed by atoms with van der Waals surface area (Å²) < 4.78 is 6.33. The number of anilines is 2. The predicted octanol–water partition coefficient (Wildman–Crippen LogP) is 3.41.